The van der Waals surface area contributed by atoms with Gasteiger partial charge in [-0.3, -0.25) is 4.79 Å². The summed E-state index contributed by atoms with van der Waals surface area (Å²) < 4.78 is 39.4. The first-order valence-electron chi connectivity index (χ1n) is 8.63. The van der Waals surface area contributed by atoms with Crippen LogP contribution in [0, 0.1) is 0 Å². The van der Waals surface area contributed by atoms with Gasteiger partial charge in [0.2, 0.25) is 5.91 Å². The second-order valence-corrected chi connectivity index (χ2v) is 9.15. The average molecular weight is 426 g/mol. The van der Waals surface area contributed by atoms with Crippen LogP contribution in [0.5, 0.6) is 11.5 Å². The lowest BCUT2D eigenvalue weighted by atomic mass is 9.99. The number of carbonyl (C=O) groups excluding carboxylic acids is 1. The lowest BCUT2D eigenvalue weighted by Crippen LogP contribution is -2.57. The Balaban J connectivity index is 1.81. The van der Waals surface area contributed by atoms with Crippen LogP contribution in [-0.4, -0.2) is 45.9 Å². The van der Waals surface area contributed by atoms with Crippen molar-refractivity contribution in [3.63, 3.8) is 0 Å². The normalized spacial score (nSPS) is 21.8. The molecule has 1 fully saturated rings. The molecule has 10 heteroatoms. The summed E-state index contributed by atoms with van der Waals surface area (Å²) in [5.41, 5.74) is 0.699. The second-order valence-electron chi connectivity index (χ2n) is 6.35. The first-order chi connectivity index (χ1) is 13.4. The molecule has 2 N–H and O–H groups in total. The number of hydrogen-bond donors (Lipinski definition) is 2. The van der Waals surface area contributed by atoms with Crippen molar-refractivity contribution in [3.05, 3.63) is 46.2 Å². The monoisotopic (exact) mass is 425 g/mol. The van der Waals surface area contributed by atoms with Crippen molar-refractivity contribution in [1.29, 1.82) is 0 Å². The highest BCUT2D eigenvalue weighted by Crippen LogP contribution is 2.34. The molecule has 1 aliphatic rings. The number of nitrogens with zero attached hydrogens (tertiary/aromatic N) is 1. The molecule has 28 heavy (non-hydrogen) atoms. The highest BCUT2D eigenvalue weighted by molar-refractivity contribution is 7.87. The van der Waals surface area contributed by atoms with Crippen molar-refractivity contribution < 1.29 is 22.7 Å². The SMILES string of the molecule is COc1ccc([C@@H]2C[C@H](C(=O)NCc3cccs3)N(C)S(=O)(=O)N2)cc1OC. The molecular formula is C18H23N3O5S2. The molecule has 0 radical (unpaired) electrons. The van der Waals surface area contributed by atoms with Crippen LogP contribution in [-0.2, 0) is 21.5 Å². The van der Waals surface area contributed by atoms with Gasteiger partial charge >= 0.3 is 0 Å². The van der Waals surface area contributed by atoms with E-state index < -0.39 is 22.3 Å². The maximum absolute atomic E-state index is 12.7. The lowest BCUT2D eigenvalue weighted by Gasteiger charge is -2.36. The number of methoxy groups -OCH3 is 2. The summed E-state index contributed by atoms with van der Waals surface area (Å²) in [7, 11) is 0.645. The summed E-state index contributed by atoms with van der Waals surface area (Å²) in [5.74, 6) is 0.718. The third kappa shape index (κ3) is 4.30. The molecule has 1 amide bonds. The predicted octanol–water partition coefficient (Wildman–Crippen LogP) is 1.66. The Morgan fingerprint density at radius 3 is 2.68 bits per heavy atom. The summed E-state index contributed by atoms with van der Waals surface area (Å²) in [6.45, 7) is 0.370. The van der Waals surface area contributed by atoms with E-state index in [1.165, 1.54) is 32.6 Å². The smallest absolute Gasteiger partial charge is 0.280 e. The summed E-state index contributed by atoms with van der Waals surface area (Å²) >= 11 is 1.53. The first-order valence-corrected chi connectivity index (χ1v) is 10.9. The summed E-state index contributed by atoms with van der Waals surface area (Å²) in [6.07, 6.45) is 0.293. The van der Waals surface area contributed by atoms with Crippen LogP contribution < -0.4 is 19.5 Å². The van der Waals surface area contributed by atoms with Gasteiger partial charge in [-0.25, -0.2) is 0 Å². The zero-order valence-corrected chi connectivity index (χ0v) is 17.5. The Morgan fingerprint density at radius 2 is 2.04 bits per heavy atom. The molecule has 0 unspecified atom stereocenters. The molecule has 1 aromatic heterocycles. The molecule has 1 aromatic carbocycles. The van der Waals surface area contributed by atoms with E-state index in [2.05, 4.69) is 10.0 Å². The molecule has 2 heterocycles. The zero-order valence-electron chi connectivity index (χ0n) is 15.8. The van der Waals surface area contributed by atoms with E-state index in [9.17, 15) is 13.2 Å². The summed E-state index contributed by atoms with van der Waals surface area (Å²) in [4.78, 5) is 13.7. The first kappa shape index (κ1) is 20.6. The van der Waals surface area contributed by atoms with Crippen LogP contribution in [0.15, 0.2) is 35.7 Å². The number of thiophene rings is 1. The third-order valence-corrected chi connectivity index (χ3v) is 7.17. The van der Waals surface area contributed by atoms with Crippen LogP contribution in [0.25, 0.3) is 0 Å². The Morgan fingerprint density at radius 1 is 1.29 bits per heavy atom. The molecular weight excluding hydrogens is 402 g/mol. The molecule has 0 aliphatic carbocycles. The molecule has 2 atom stereocenters. The van der Waals surface area contributed by atoms with Crippen molar-refractivity contribution in [2.24, 2.45) is 0 Å². The van der Waals surface area contributed by atoms with Crippen LogP contribution in [0.3, 0.4) is 0 Å². The van der Waals surface area contributed by atoms with Crippen LogP contribution in [0.1, 0.15) is 22.9 Å². The van der Waals surface area contributed by atoms with Gasteiger partial charge in [0.1, 0.15) is 6.04 Å². The minimum atomic E-state index is -3.81. The highest BCUT2D eigenvalue weighted by atomic mass is 32.2. The fourth-order valence-corrected chi connectivity index (χ4v) is 5.02. The molecule has 0 bridgehead atoms. The van der Waals surface area contributed by atoms with E-state index in [-0.39, 0.29) is 5.91 Å². The largest absolute Gasteiger partial charge is 0.493 e. The molecule has 152 valence electrons. The standard InChI is InChI=1S/C18H23N3O5S2/c1-21-15(18(22)19-11-13-5-4-8-27-13)10-14(20-28(21,23)24)12-6-7-16(25-2)17(9-12)26-3/h4-9,14-15,20H,10-11H2,1-3H3,(H,19,22)/t14-,15+/m0/s1. The lowest BCUT2D eigenvalue weighted by molar-refractivity contribution is -0.125. The minimum absolute atomic E-state index is 0.293. The average Bonchev–Trinajstić information content (AvgIpc) is 3.21. The van der Waals surface area contributed by atoms with E-state index in [0.717, 1.165) is 9.18 Å². The zero-order chi connectivity index (χ0) is 20.3. The maximum Gasteiger partial charge on any atom is 0.280 e. The number of benzene rings is 1. The van der Waals surface area contributed by atoms with E-state index >= 15 is 0 Å². The Hall–Kier alpha value is -2.14. The number of rotatable bonds is 6. The van der Waals surface area contributed by atoms with Crippen molar-refractivity contribution >= 4 is 27.5 Å². The molecule has 1 saturated heterocycles. The number of ether oxygens (including phenoxy) is 2. The van der Waals surface area contributed by atoms with Crippen LogP contribution in [0.2, 0.25) is 0 Å². The summed E-state index contributed by atoms with van der Waals surface area (Å²) in [5, 5.41) is 4.75. The van der Waals surface area contributed by atoms with Gasteiger partial charge in [0.15, 0.2) is 11.5 Å². The molecule has 8 nitrogen and oxygen atoms in total. The number of carbonyl (C=O) groups is 1. The Labute approximate surface area is 168 Å². The second kappa shape index (κ2) is 8.48. The minimum Gasteiger partial charge on any atom is -0.493 e. The fourth-order valence-electron chi connectivity index (χ4n) is 3.10. The van der Waals surface area contributed by atoms with Gasteiger partial charge in [-0.2, -0.15) is 17.4 Å². The van der Waals surface area contributed by atoms with Gasteiger partial charge in [0.05, 0.1) is 26.8 Å². The third-order valence-electron chi connectivity index (χ3n) is 4.70. The van der Waals surface area contributed by atoms with Crippen molar-refractivity contribution in [2.45, 2.75) is 25.0 Å². The summed E-state index contributed by atoms with van der Waals surface area (Å²) in [6, 6.07) is 7.65. The number of nitrogens with one attached hydrogen (secondary N) is 2. The molecule has 1 aliphatic heterocycles. The molecule has 3 rings (SSSR count). The quantitative estimate of drug-likeness (QED) is 0.734. The van der Waals surface area contributed by atoms with Crippen LogP contribution in [0.4, 0.5) is 0 Å². The Bertz CT molecular complexity index is 931. The van der Waals surface area contributed by atoms with Crippen molar-refractivity contribution in [2.75, 3.05) is 21.3 Å². The Kier molecular flexibility index (Phi) is 6.23. The van der Waals surface area contributed by atoms with Gasteiger partial charge in [-0.1, -0.05) is 12.1 Å². The topological polar surface area (TPSA) is 97.0 Å². The van der Waals surface area contributed by atoms with E-state index in [4.69, 9.17) is 9.47 Å². The number of hydrogen-bond acceptors (Lipinski definition) is 6. The van der Waals surface area contributed by atoms with Gasteiger partial charge < -0.3 is 14.8 Å². The van der Waals surface area contributed by atoms with E-state index in [0.29, 0.717) is 30.0 Å². The van der Waals surface area contributed by atoms with Crippen molar-refractivity contribution in [1.82, 2.24) is 14.3 Å². The van der Waals surface area contributed by atoms with E-state index in [1.54, 1.807) is 18.2 Å². The van der Waals surface area contributed by atoms with Crippen LogP contribution >= 0.6 is 11.3 Å². The van der Waals surface area contributed by atoms with Gasteiger partial charge in [-0.15, -0.1) is 11.3 Å². The van der Waals surface area contributed by atoms with E-state index in [1.807, 2.05) is 17.5 Å². The highest BCUT2D eigenvalue weighted by Gasteiger charge is 2.40. The van der Waals surface area contributed by atoms with Gasteiger partial charge in [0, 0.05) is 11.9 Å². The maximum atomic E-state index is 12.7. The molecule has 2 aromatic rings. The van der Waals surface area contributed by atoms with Gasteiger partial charge in [0.25, 0.3) is 10.2 Å². The fraction of sp³-hybridized carbons (Fsp3) is 0.389. The van der Waals surface area contributed by atoms with Gasteiger partial charge in [-0.05, 0) is 35.6 Å². The molecule has 0 saturated carbocycles. The van der Waals surface area contributed by atoms with Crippen molar-refractivity contribution in [3.8, 4) is 11.5 Å². The number of likely N-dealkylation sites (N-methyl/N-ethyl adjacent to an activating group) is 1. The molecule has 0 spiro atoms. The predicted molar refractivity (Wildman–Crippen MR) is 107 cm³/mol. The number of amides is 1.